The Labute approximate surface area is 141 Å². The number of hydrogen-bond acceptors (Lipinski definition) is 3. The number of ether oxygens (including phenoxy) is 1. The molecule has 1 atom stereocenters. The van der Waals surface area contributed by atoms with Gasteiger partial charge in [0.05, 0.1) is 19.3 Å². The van der Waals surface area contributed by atoms with Crippen LogP contribution in [0.25, 0.3) is 0 Å². The predicted octanol–water partition coefficient (Wildman–Crippen LogP) is 3.10. The molecule has 5 nitrogen and oxygen atoms in total. The number of methoxy groups -OCH3 is 1. The molecular formula is C17H21ClN2O3. The van der Waals surface area contributed by atoms with Crippen molar-refractivity contribution in [2.24, 2.45) is 5.92 Å². The van der Waals surface area contributed by atoms with E-state index in [9.17, 15) is 9.59 Å². The Morgan fingerprint density at radius 3 is 2.83 bits per heavy atom. The van der Waals surface area contributed by atoms with E-state index < -0.39 is 0 Å². The van der Waals surface area contributed by atoms with E-state index in [0.29, 0.717) is 16.5 Å². The van der Waals surface area contributed by atoms with Crippen molar-refractivity contribution in [3.05, 3.63) is 35.4 Å². The summed E-state index contributed by atoms with van der Waals surface area (Å²) in [6, 6.07) is 4.98. The van der Waals surface area contributed by atoms with E-state index in [1.165, 1.54) is 12.0 Å². The second-order valence-corrected chi connectivity index (χ2v) is 6.00. The number of halogens is 1. The fourth-order valence-electron chi connectivity index (χ4n) is 2.59. The molecule has 6 heteroatoms. The van der Waals surface area contributed by atoms with Gasteiger partial charge in [-0.3, -0.25) is 9.59 Å². The molecule has 0 aromatic heterocycles. The second kappa shape index (κ2) is 8.02. The summed E-state index contributed by atoms with van der Waals surface area (Å²) in [5, 5.41) is 3.23. The van der Waals surface area contributed by atoms with Crippen molar-refractivity contribution in [1.82, 2.24) is 4.90 Å². The number of carbonyl (C=O) groups excluding carboxylic acids is 2. The van der Waals surface area contributed by atoms with Gasteiger partial charge in [0, 0.05) is 18.0 Å². The van der Waals surface area contributed by atoms with Crippen molar-refractivity contribution >= 4 is 29.1 Å². The average Bonchev–Trinajstić information content (AvgIpc) is 2.55. The minimum atomic E-state index is -0.284. The van der Waals surface area contributed by atoms with Crippen molar-refractivity contribution in [2.45, 2.75) is 19.3 Å². The molecule has 1 aromatic carbocycles. The molecule has 2 rings (SSSR count). The third-order valence-electron chi connectivity index (χ3n) is 3.81. The highest BCUT2D eigenvalue weighted by Gasteiger charge is 2.23. The summed E-state index contributed by atoms with van der Waals surface area (Å²) in [5.41, 5.74) is 0.492. The Bertz CT molecular complexity index is 616. The summed E-state index contributed by atoms with van der Waals surface area (Å²) in [4.78, 5) is 26.0. The lowest BCUT2D eigenvalue weighted by Crippen LogP contribution is -2.38. The van der Waals surface area contributed by atoms with Crippen LogP contribution in [0.1, 0.15) is 19.3 Å². The van der Waals surface area contributed by atoms with Crippen LogP contribution in [0, 0.1) is 5.92 Å². The van der Waals surface area contributed by atoms with Crippen LogP contribution >= 0.6 is 11.6 Å². The summed E-state index contributed by atoms with van der Waals surface area (Å²) in [6.45, 7) is -0.00524. The Balaban J connectivity index is 1.95. The molecule has 124 valence electrons. The van der Waals surface area contributed by atoms with Crippen LogP contribution in [-0.2, 0) is 9.59 Å². The van der Waals surface area contributed by atoms with E-state index in [-0.39, 0.29) is 24.3 Å². The zero-order chi connectivity index (χ0) is 16.8. The quantitative estimate of drug-likeness (QED) is 0.840. The van der Waals surface area contributed by atoms with Gasteiger partial charge in [-0.2, -0.15) is 0 Å². The van der Waals surface area contributed by atoms with E-state index in [1.54, 1.807) is 25.2 Å². The van der Waals surface area contributed by atoms with Crippen LogP contribution in [0.15, 0.2) is 30.4 Å². The number of benzene rings is 1. The van der Waals surface area contributed by atoms with Crippen molar-refractivity contribution in [1.29, 1.82) is 0 Å². The summed E-state index contributed by atoms with van der Waals surface area (Å²) >= 11 is 5.94. The van der Waals surface area contributed by atoms with Crippen LogP contribution < -0.4 is 10.1 Å². The molecule has 0 spiro atoms. The van der Waals surface area contributed by atoms with Crippen molar-refractivity contribution in [2.75, 3.05) is 26.0 Å². The molecule has 1 aliphatic carbocycles. The Morgan fingerprint density at radius 2 is 2.17 bits per heavy atom. The smallest absolute Gasteiger partial charge is 0.244 e. The van der Waals surface area contributed by atoms with Crippen LogP contribution in [0.3, 0.4) is 0 Å². The third-order valence-corrected chi connectivity index (χ3v) is 4.05. The second-order valence-electron chi connectivity index (χ2n) is 5.57. The van der Waals surface area contributed by atoms with Gasteiger partial charge in [-0.05, 0) is 37.5 Å². The number of hydrogen-bond donors (Lipinski definition) is 1. The first-order chi connectivity index (χ1) is 11.0. The number of nitrogens with one attached hydrogen (secondary N) is 1. The van der Waals surface area contributed by atoms with Gasteiger partial charge in [0.1, 0.15) is 5.75 Å². The molecule has 0 radical (unpaired) electrons. The molecule has 2 amide bonds. The van der Waals surface area contributed by atoms with Crippen LogP contribution in [0.4, 0.5) is 5.69 Å². The van der Waals surface area contributed by atoms with Crippen molar-refractivity contribution < 1.29 is 14.3 Å². The number of anilines is 1. The van der Waals surface area contributed by atoms with Gasteiger partial charge < -0.3 is 15.0 Å². The SMILES string of the molecule is COc1ccc(Cl)cc1NC(=O)CN(C)C(=O)[C@@H]1CC=CCC1. The molecule has 0 unspecified atom stereocenters. The fraction of sp³-hybridized carbons (Fsp3) is 0.412. The van der Waals surface area contributed by atoms with Crippen molar-refractivity contribution in [3.8, 4) is 5.75 Å². The first-order valence-electron chi connectivity index (χ1n) is 7.54. The molecule has 1 aromatic rings. The summed E-state index contributed by atoms with van der Waals surface area (Å²) < 4.78 is 5.19. The molecule has 0 heterocycles. The average molecular weight is 337 g/mol. The van der Waals surface area contributed by atoms with Crippen LogP contribution in [-0.4, -0.2) is 37.4 Å². The number of amides is 2. The van der Waals surface area contributed by atoms with Gasteiger partial charge in [0.2, 0.25) is 11.8 Å². The van der Waals surface area contributed by atoms with Crippen LogP contribution in [0.2, 0.25) is 5.02 Å². The lowest BCUT2D eigenvalue weighted by atomic mass is 9.93. The topological polar surface area (TPSA) is 58.6 Å². The third kappa shape index (κ3) is 4.73. The predicted molar refractivity (Wildman–Crippen MR) is 90.8 cm³/mol. The Kier molecular flexibility index (Phi) is 6.04. The summed E-state index contributed by atoms with van der Waals surface area (Å²) in [6.07, 6.45) is 6.60. The summed E-state index contributed by atoms with van der Waals surface area (Å²) in [7, 11) is 3.17. The molecule has 0 aliphatic heterocycles. The van der Waals surface area contributed by atoms with E-state index in [2.05, 4.69) is 11.4 Å². The molecule has 1 N–H and O–H groups in total. The van der Waals surface area contributed by atoms with Gasteiger partial charge in [-0.25, -0.2) is 0 Å². The minimum absolute atomic E-state index is 0.00237. The largest absolute Gasteiger partial charge is 0.495 e. The molecule has 1 aliphatic rings. The zero-order valence-electron chi connectivity index (χ0n) is 13.3. The molecule has 0 saturated heterocycles. The highest BCUT2D eigenvalue weighted by atomic mass is 35.5. The van der Waals surface area contributed by atoms with Gasteiger partial charge in [-0.1, -0.05) is 23.8 Å². The first kappa shape index (κ1) is 17.3. The molecule has 0 saturated carbocycles. The fourth-order valence-corrected chi connectivity index (χ4v) is 2.76. The number of allylic oxidation sites excluding steroid dienone is 2. The highest BCUT2D eigenvalue weighted by molar-refractivity contribution is 6.31. The Morgan fingerprint density at radius 1 is 1.39 bits per heavy atom. The maximum atomic E-state index is 12.3. The number of rotatable bonds is 5. The normalized spacial score (nSPS) is 16.7. The lowest BCUT2D eigenvalue weighted by molar-refractivity contribution is -0.137. The standard InChI is InChI=1S/C17H21ClN2O3/c1-20(17(22)12-6-4-3-5-7-12)11-16(21)19-14-10-13(18)8-9-15(14)23-2/h3-4,8-10,12H,5-7,11H2,1-2H3,(H,19,21)/t12-/m1/s1. The van der Waals surface area contributed by atoms with Gasteiger partial charge in [0.15, 0.2) is 0 Å². The highest BCUT2D eigenvalue weighted by Crippen LogP contribution is 2.27. The first-order valence-corrected chi connectivity index (χ1v) is 7.92. The number of likely N-dealkylation sites (N-methyl/N-ethyl adjacent to an activating group) is 1. The zero-order valence-corrected chi connectivity index (χ0v) is 14.1. The Hall–Kier alpha value is -2.01. The molecule has 0 fully saturated rings. The molecule has 0 bridgehead atoms. The summed E-state index contributed by atoms with van der Waals surface area (Å²) in [5.74, 6) is 0.211. The van der Waals surface area contributed by atoms with E-state index in [4.69, 9.17) is 16.3 Å². The van der Waals surface area contributed by atoms with Gasteiger partial charge >= 0.3 is 0 Å². The van der Waals surface area contributed by atoms with E-state index >= 15 is 0 Å². The van der Waals surface area contributed by atoms with Gasteiger partial charge in [0.25, 0.3) is 0 Å². The lowest BCUT2D eigenvalue weighted by Gasteiger charge is -2.24. The van der Waals surface area contributed by atoms with E-state index in [0.717, 1.165) is 19.3 Å². The molecular weight excluding hydrogens is 316 g/mol. The minimum Gasteiger partial charge on any atom is -0.495 e. The van der Waals surface area contributed by atoms with Crippen LogP contribution in [0.5, 0.6) is 5.75 Å². The monoisotopic (exact) mass is 336 g/mol. The van der Waals surface area contributed by atoms with Crippen molar-refractivity contribution in [3.63, 3.8) is 0 Å². The van der Waals surface area contributed by atoms with E-state index in [1.807, 2.05) is 6.08 Å². The molecule has 23 heavy (non-hydrogen) atoms. The number of carbonyl (C=O) groups is 2. The maximum Gasteiger partial charge on any atom is 0.244 e. The number of nitrogens with zero attached hydrogens (tertiary/aromatic N) is 1. The maximum absolute atomic E-state index is 12.3. The van der Waals surface area contributed by atoms with Gasteiger partial charge in [-0.15, -0.1) is 0 Å².